The number of aryl methyl sites for hydroxylation is 2. The normalized spacial score (nSPS) is 10.5. The molecule has 0 aliphatic rings. The molecule has 1 N–H and O–H groups in total. The fourth-order valence-corrected chi connectivity index (χ4v) is 2.66. The summed E-state index contributed by atoms with van der Waals surface area (Å²) in [5.41, 5.74) is 2.48. The highest BCUT2D eigenvalue weighted by Crippen LogP contribution is 2.28. The van der Waals surface area contributed by atoms with E-state index in [1.54, 1.807) is 26.8 Å². The van der Waals surface area contributed by atoms with Crippen LogP contribution in [0.1, 0.15) is 44.6 Å². The van der Waals surface area contributed by atoms with Crippen LogP contribution in [-0.2, 0) is 0 Å². The molecule has 24 heavy (non-hydrogen) atoms. The van der Waals surface area contributed by atoms with Crippen molar-refractivity contribution in [2.45, 2.75) is 27.7 Å². The van der Waals surface area contributed by atoms with E-state index in [9.17, 15) is 19.7 Å². The summed E-state index contributed by atoms with van der Waals surface area (Å²) in [7, 11) is 0. The van der Waals surface area contributed by atoms with Crippen LogP contribution in [0.15, 0.2) is 18.2 Å². The van der Waals surface area contributed by atoms with Crippen molar-refractivity contribution >= 4 is 17.3 Å². The zero-order valence-corrected chi connectivity index (χ0v) is 13.9. The standard InChI is InChI=1S/C17H18N2O5/c1-9-5-6-15(13(7-9)19(22)23)24-8-14(21)17-10(2)16(12(4)20)11(3)18-17/h5-7,18H,8H2,1-4H3. The molecule has 0 aliphatic carbocycles. The van der Waals surface area contributed by atoms with E-state index in [0.717, 1.165) is 5.56 Å². The Labute approximate surface area is 138 Å². The Balaban J connectivity index is 2.22. The molecule has 0 amide bonds. The highest BCUT2D eigenvalue weighted by molar-refractivity contribution is 6.03. The minimum absolute atomic E-state index is 0.0340. The number of nitro benzene ring substituents is 1. The van der Waals surface area contributed by atoms with Crippen molar-refractivity contribution in [1.82, 2.24) is 4.98 Å². The maximum atomic E-state index is 12.3. The molecule has 2 rings (SSSR count). The molecule has 0 unspecified atom stereocenters. The molecule has 0 spiro atoms. The van der Waals surface area contributed by atoms with E-state index in [4.69, 9.17) is 4.74 Å². The van der Waals surface area contributed by atoms with Crippen molar-refractivity contribution in [3.05, 3.63) is 56.4 Å². The lowest BCUT2D eigenvalue weighted by Gasteiger charge is -2.07. The van der Waals surface area contributed by atoms with Crippen LogP contribution in [-0.4, -0.2) is 28.1 Å². The van der Waals surface area contributed by atoms with E-state index in [2.05, 4.69) is 4.98 Å². The van der Waals surface area contributed by atoms with Gasteiger partial charge in [0.15, 0.2) is 18.1 Å². The molecule has 1 heterocycles. The fourth-order valence-electron chi connectivity index (χ4n) is 2.66. The van der Waals surface area contributed by atoms with Gasteiger partial charge < -0.3 is 9.72 Å². The van der Waals surface area contributed by atoms with Crippen LogP contribution in [0.3, 0.4) is 0 Å². The molecule has 0 radical (unpaired) electrons. The van der Waals surface area contributed by atoms with E-state index in [0.29, 0.717) is 16.8 Å². The van der Waals surface area contributed by atoms with E-state index < -0.39 is 4.92 Å². The minimum atomic E-state index is -0.551. The first-order chi connectivity index (χ1) is 11.2. The number of hydrogen-bond donors (Lipinski definition) is 1. The second-order valence-electron chi connectivity index (χ2n) is 5.62. The summed E-state index contributed by atoms with van der Waals surface area (Å²) >= 11 is 0. The van der Waals surface area contributed by atoms with E-state index >= 15 is 0 Å². The second-order valence-corrected chi connectivity index (χ2v) is 5.62. The number of aromatic nitrogens is 1. The third-order valence-electron chi connectivity index (χ3n) is 3.74. The van der Waals surface area contributed by atoms with Crippen LogP contribution in [0.2, 0.25) is 0 Å². The number of aromatic amines is 1. The Morgan fingerprint density at radius 3 is 2.46 bits per heavy atom. The van der Waals surface area contributed by atoms with E-state index in [1.807, 2.05) is 0 Å². The first-order valence-corrected chi connectivity index (χ1v) is 7.33. The van der Waals surface area contributed by atoms with Gasteiger partial charge in [0.25, 0.3) is 0 Å². The van der Waals surface area contributed by atoms with Gasteiger partial charge in [-0.3, -0.25) is 19.7 Å². The molecular weight excluding hydrogens is 312 g/mol. The number of ketones is 2. The number of nitrogens with zero attached hydrogens (tertiary/aromatic N) is 1. The first kappa shape index (κ1) is 17.4. The van der Waals surface area contributed by atoms with Crippen LogP contribution in [0, 0.1) is 30.9 Å². The number of nitrogens with one attached hydrogen (secondary N) is 1. The van der Waals surface area contributed by atoms with Gasteiger partial charge in [0.2, 0.25) is 5.78 Å². The number of carbonyl (C=O) groups excluding carboxylic acids is 2. The van der Waals surface area contributed by atoms with Crippen LogP contribution in [0.4, 0.5) is 5.69 Å². The molecule has 0 saturated carbocycles. The third-order valence-corrected chi connectivity index (χ3v) is 3.74. The number of rotatable bonds is 6. The number of carbonyl (C=O) groups is 2. The van der Waals surface area contributed by atoms with Crippen LogP contribution < -0.4 is 4.74 Å². The van der Waals surface area contributed by atoms with Gasteiger partial charge in [-0.1, -0.05) is 6.07 Å². The quantitative estimate of drug-likeness (QED) is 0.497. The Hall–Kier alpha value is -2.96. The topological polar surface area (TPSA) is 102 Å². The van der Waals surface area contributed by atoms with Crippen molar-refractivity contribution in [3.8, 4) is 5.75 Å². The summed E-state index contributed by atoms with van der Waals surface area (Å²) in [4.78, 5) is 37.4. The molecule has 1 aromatic heterocycles. The lowest BCUT2D eigenvalue weighted by molar-refractivity contribution is -0.385. The highest BCUT2D eigenvalue weighted by Gasteiger charge is 2.21. The van der Waals surface area contributed by atoms with Gasteiger partial charge in [0, 0.05) is 17.3 Å². The number of ether oxygens (including phenoxy) is 1. The summed E-state index contributed by atoms with van der Waals surface area (Å²) in [6.07, 6.45) is 0. The molecule has 2 aromatic rings. The minimum Gasteiger partial charge on any atom is -0.478 e. The average molecular weight is 330 g/mol. The zero-order chi connectivity index (χ0) is 18.0. The molecule has 0 saturated heterocycles. The molecule has 0 atom stereocenters. The summed E-state index contributed by atoms with van der Waals surface area (Å²) in [5.74, 6) is -0.472. The van der Waals surface area contributed by atoms with Gasteiger partial charge in [-0.25, -0.2) is 0 Å². The van der Waals surface area contributed by atoms with Crippen molar-refractivity contribution in [1.29, 1.82) is 0 Å². The Morgan fingerprint density at radius 1 is 1.25 bits per heavy atom. The van der Waals surface area contributed by atoms with Crippen molar-refractivity contribution in [3.63, 3.8) is 0 Å². The highest BCUT2D eigenvalue weighted by atomic mass is 16.6. The van der Waals surface area contributed by atoms with E-state index in [-0.39, 0.29) is 35.3 Å². The Kier molecular flexibility index (Phi) is 4.82. The van der Waals surface area contributed by atoms with Gasteiger partial charge in [-0.15, -0.1) is 0 Å². The third kappa shape index (κ3) is 3.34. The molecule has 1 aromatic carbocycles. The molecule has 0 bridgehead atoms. The molecule has 126 valence electrons. The lowest BCUT2D eigenvalue weighted by Crippen LogP contribution is -2.14. The maximum Gasteiger partial charge on any atom is 0.311 e. The fraction of sp³-hybridized carbons (Fsp3) is 0.294. The maximum absolute atomic E-state index is 12.3. The summed E-state index contributed by atoms with van der Waals surface area (Å²) in [5, 5.41) is 11.1. The van der Waals surface area contributed by atoms with Crippen molar-refractivity contribution < 1.29 is 19.2 Å². The van der Waals surface area contributed by atoms with Crippen molar-refractivity contribution in [2.75, 3.05) is 6.61 Å². The largest absolute Gasteiger partial charge is 0.478 e. The summed E-state index contributed by atoms with van der Waals surface area (Å²) in [6.45, 7) is 6.20. The smallest absolute Gasteiger partial charge is 0.311 e. The summed E-state index contributed by atoms with van der Waals surface area (Å²) < 4.78 is 5.34. The zero-order valence-electron chi connectivity index (χ0n) is 13.9. The van der Waals surface area contributed by atoms with Gasteiger partial charge in [-0.2, -0.15) is 0 Å². The number of Topliss-reactive ketones (excluding diaryl/α,β-unsaturated/α-hetero) is 2. The van der Waals surface area contributed by atoms with Crippen LogP contribution in [0.25, 0.3) is 0 Å². The predicted octanol–water partition coefficient (Wildman–Crippen LogP) is 3.31. The molecule has 0 aliphatic heterocycles. The first-order valence-electron chi connectivity index (χ1n) is 7.33. The monoisotopic (exact) mass is 330 g/mol. The number of H-pyrrole nitrogens is 1. The van der Waals surface area contributed by atoms with E-state index in [1.165, 1.54) is 19.1 Å². The number of nitro groups is 1. The molecule has 7 nitrogen and oxygen atoms in total. The van der Waals surface area contributed by atoms with Crippen molar-refractivity contribution in [2.24, 2.45) is 0 Å². The Morgan fingerprint density at radius 2 is 1.92 bits per heavy atom. The van der Waals surface area contributed by atoms with Gasteiger partial charge in [0.1, 0.15) is 0 Å². The summed E-state index contributed by atoms with van der Waals surface area (Å²) in [6, 6.07) is 4.52. The molecule has 0 fully saturated rings. The van der Waals surface area contributed by atoms with Crippen LogP contribution >= 0.6 is 0 Å². The molecule has 7 heteroatoms. The number of hydrogen-bond acceptors (Lipinski definition) is 5. The SMILES string of the molecule is CC(=O)c1c(C)[nH]c(C(=O)COc2ccc(C)cc2[N+](=O)[O-])c1C. The average Bonchev–Trinajstić information content (AvgIpc) is 2.80. The lowest BCUT2D eigenvalue weighted by atomic mass is 10.1. The van der Waals surface area contributed by atoms with Crippen LogP contribution in [0.5, 0.6) is 5.75 Å². The van der Waals surface area contributed by atoms with Gasteiger partial charge >= 0.3 is 5.69 Å². The predicted molar refractivity (Wildman–Crippen MR) is 87.9 cm³/mol. The Bertz CT molecular complexity index is 836. The molecular formula is C17H18N2O5. The van der Waals surface area contributed by atoms with Gasteiger partial charge in [-0.05, 0) is 44.9 Å². The van der Waals surface area contributed by atoms with Gasteiger partial charge in [0.05, 0.1) is 10.6 Å². The second kappa shape index (κ2) is 6.66. The number of benzene rings is 1.